The first-order valence-corrected chi connectivity index (χ1v) is 10.7. The fraction of sp³-hybridized carbons (Fsp3) is 0.435. The van der Waals surface area contributed by atoms with E-state index in [1.54, 1.807) is 6.07 Å². The second-order valence-electron chi connectivity index (χ2n) is 7.94. The molecule has 2 aliphatic rings. The number of urea groups is 1. The molecule has 0 saturated carbocycles. The largest absolute Gasteiger partial charge is 0.355 e. The van der Waals surface area contributed by atoms with Crippen molar-refractivity contribution in [1.29, 1.82) is 0 Å². The van der Waals surface area contributed by atoms with Gasteiger partial charge in [-0.2, -0.15) is 0 Å². The number of hydrogen-bond acceptors (Lipinski definition) is 4. The van der Waals surface area contributed by atoms with Crippen molar-refractivity contribution in [3.63, 3.8) is 0 Å². The number of fused-ring (bicyclic) bond motifs is 1. The van der Waals surface area contributed by atoms with Crippen molar-refractivity contribution in [2.24, 2.45) is 0 Å². The summed E-state index contributed by atoms with van der Waals surface area (Å²) in [5.74, 6) is -0.388. The maximum Gasteiger partial charge on any atom is 0.329 e. The van der Waals surface area contributed by atoms with Gasteiger partial charge < -0.3 is 10.6 Å². The number of amides is 4. The molecule has 0 unspecified atom stereocenters. The lowest BCUT2D eigenvalue weighted by atomic mass is 10.1. The van der Waals surface area contributed by atoms with Crippen LogP contribution in [0.3, 0.4) is 0 Å². The van der Waals surface area contributed by atoms with Crippen LogP contribution in [0.1, 0.15) is 32.6 Å². The Bertz CT molecular complexity index is 955. The van der Waals surface area contributed by atoms with Gasteiger partial charge in [0.2, 0.25) is 5.91 Å². The molecular formula is C23H28N4O3. The zero-order chi connectivity index (χ0) is 21.1. The van der Waals surface area contributed by atoms with E-state index in [1.165, 1.54) is 11.3 Å². The molecule has 158 valence electrons. The molecule has 4 rings (SSSR count). The van der Waals surface area contributed by atoms with Crippen LogP contribution < -0.4 is 15.5 Å². The average molecular weight is 409 g/mol. The number of carbonyl (C=O) groups excluding carboxylic acids is 3. The van der Waals surface area contributed by atoms with Crippen molar-refractivity contribution >= 4 is 34.3 Å². The number of likely N-dealkylation sites (N-methyl/N-ethyl adjacent to an activating group) is 1. The van der Waals surface area contributed by atoms with Gasteiger partial charge in [-0.05, 0) is 43.8 Å². The minimum absolute atomic E-state index is 0.0800. The molecule has 2 aliphatic heterocycles. The number of nitrogens with zero attached hydrogens (tertiary/aromatic N) is 2. The van der Waals surface area contributed by atoms with E-state index in [9.17, 15) is 14.4 Å². The maximum atomic E-state index is 12.9. The van der Waals surface area contributed by atoms with Crippen LogP contribution in [-0.2, 0) is 9.59 Å². The van der Waals surface area contributed by atoms with Gasteiger partial charge in [-0.3, -0.25) is 14.5 Å². The van der Waals surface area contributed by atoms with Crippen molar-refractivity contribution < 1.29 is 14.4 Å². The molecule has 2 aromatic carbocycles. The van der Waals surface area contributed by atoms with Gasteiger partial charge in [-0.1, -0.05) is 43.3 Å². The SMILES string of the molecule is CCN1CCC[C@@H]1CNC(=O)CC[C@@H]1NC(=O)N(c2cccc3ccccc23)C1=O. The summed E-state index contributed by atoms with van der Waals surface area (Å²) in [4.78, 5) is 41.3. The predicted octanol–water partition coefficient (Wildman–Crippen LogP) is 2.65. The highest BCUT2D eigenvalue weighted by Crippen LogP contribution is 2.29. The average Bonchev–Trinajstić information content (AvgIpc) is 3.33. The smallest absolute Gasteiger partial charge is 0.329 e. The molecule has 0 spiro atoms. The van der Waals surface area contributed by atoms with E-state index in [0.717, 1.165) is 30.3 Å². The van der Waals surface area contributed by atoms with Crippen molar-refractivity contribution in [2.45, 2.75) is 44.7 Å². The van der Waals surface area contributed by atoms with Crippen LogP contribution in [0.2, 0.25) is 0 Å². The van der Waals surface area contributed by atoms with E-state index >= 15 is 0 Å². The quantitative estimate of drug-likeness (QED) is 0.690. The molecule has 7 heteroatoms. The van der Waals surface area contributed by atoms with Gasteiger partial charge in [0.1, 0.15) is 6.04 Å². The third kappa shape index (κ3) is 4.03. The summed E-state index contributed by atoms with van der Waals surface area (Å²) in [5.41, 5.74) is 0.573. The van der Waals surface area contributed by atoms with E-state index in [4.69, 9.17) is 0 Å². The Kier molecular flexibility index (Phi) is 5.99. The maximum absolute atomic E-state index is 12.9. The lowest BCUT2D eigenvalue weighted by Gasteiger charge is -2.22. The number of carbonyl (C=O) groups is 3. The third-order valence-corrected chi connectivity index (χ3v) is 6.13. The molecule has 4 amide bonds. The molecule has 2 heterocycles. The first-order valence-electron chi connectivity index (χ1n) is 10.7. The molecule has 0 aliphatic carbocycles. The molecule has 2 aromatic rings. The summed E-state index contributed by atoms with van der Waals surface area (Å²) in [6, 6.07) is 12.5. The Morgan fingerprint density at radius 1 is 1.17 bits per heavy atom. The molecule has 2 fully saturated rings. The number of imide groups is 1. The Labute approximate surface area is 176 Å². The van der Waals surface area contributed by atoms with Gasteiger partial charge in [0.15, 0.2) is 0 Å². The van der Waals surface area contributed by atoms with Crippen LogP contribution in [0.5, 0.6) is 0 Å². The van der Waals surface area contributed by atoms with Gasteiger partial charge in [0.25, 0.3) is 5.91 Å². The van der Waals surface area contributed by atoms with Gasteiger partial charge in [0, 0.05) is 24.4 Å². The zero-order valence-electron chi connectivity index (χ0n) is 17.3. The highest BCUT2D eigenvalue weighted by atomic mass is 16.2. The van der Waals surface area contributed by atoms with Gasteiger partial charge in [-0.15, -0.1) is 0 Å². The number of anilines is 1. The van der Waals surface area contributed by atoms with Crippen molar-refractivity contribution in [1.82, 2.24) is 15.5 Å². The van der Waals surface area contributed by atoms with Gasteiger partial charge in [-0.25, -0.2) is 9.69 Å². The lowest BCUT2D eigenvalue weighted by molar-refractivity contribution is -0.122. The van der Waals surface area contributed by atoms with Crippen LogP contribution in [0.15, 0.2) is 42.5 Å². The molecular weight excluding hydrogens is 380 g/mol. The molecule has 30 heavy (non-hydrogen) atoms. The fourth-order valence-electron chi connectivity index (χ4n) is 4.50. The van der Waals surface area contributed by atoms with Crippen molar-refractivity contribution in [3.05, 3.63) is 42.5 Å². The van der Waals surface area contributed by atoms with Crippen molar-refractivity contribution in [2.75, 3.05) is 24.5 Å². The van der Waals surface area contributed by atoms with Crippen molar-refractivity contribution in [3.8, 4) is 0 Å². The van der Waals surface area contributed by atoms with E-state index in [2.05, 4.69) is 22.5 Å². The predicted molar refractivity (Wildman–Crippen MR) is 116 cm³/mol. The monoisotopic (exact) mass is 408 g/mol. The number of benzene rings is 2. The molecule has 2 saturated heterocycles. The Morgan fingerprint density at radius 3 is 2.80 bits per heavy atom. The van der Waals surface area contributed by atoms with E-state index in [-0.39, 0.29) is 18.2 Å². The highest BCUT2D eigenvalue weighted by molar-refractivity contribution is 6.24. The van der Waals surface area contributed by atoms with Gasteiger partial charge in [0.05, 0.1) is 5.69 Å². The summed E-state index contributed by atoms with van der Waals surface area (Å²) < 4.78 is 0. The summed E-state index contributed by atoms with van der Waals surface area (Å²) in [7, 11) is 0. The standard InChI is InChI=1S/C23H28N4O3/c1-2-26-14-6-9-17(26)15-24-21(28)13-12-19-22(29)27(23(30)25-19)20-11-5-8-16-7-3-4-10-18(16)20/h3-5,7-8,10-11,17,19H,2,6,9,12-15H2,1H3,(H,24,28)(H,25,30)/t17-,19+/m1/s1. The minimum atomic E-state index is -0.680. The Hall–Kier alpha value is -2.93. The lowest BCUT2D eigenvalue weighted by Crippen LogP contribution is -2.40. The molecule has 2 N–H and O–H groups in total. The topological polar surface area (TPSA) is 81.8 Å². The van der Waals surface area contributed by atoms with E-state index in [1.807, 2.05) is 36.4 Å². The molecule has 2 atom stereocenters. The minimum Gasteiger partial charge on any atom is -0.355 e. The second-order valence-corrected chi connectivity index (χ2v) is 7.94. The number of likely N-dealkylation sites (tertiary alicyclic amines) is 1. The fourth-order valence-corrected chi connectivity index (χ4v) is 4.50. The van der Waals surface area contributed by atoms with Crippen LogP contribution in [0, 0.1) is 0 Å². The summed E-state index contributed by atoms with van der Waals surface area (Å²) >= 11 is 0. The third-order valence-electron chi connectivity index (χ3n) is 6.13. The number of nitrogens with one attached hydrogen (secondary N) is 2. The first kappa shape index (κ1) is 20.3. The molecule has 0 aromatic heterocycles. The van der Waals surface area contributed by atoms with Crippen LogP contribution >= 0.6 is 0 Å². The van der Waals surface area contributed by atoms with Crippen LogP contribution in [0.25, 0.3) is 10.8 Å². The van der Waals surface area contributed by atoms with E-state index < -0.39 is 12.1 Å². The van der Waals surface area contributed by atoms with Gasteiger partial charge >= 0.3 is 6.03 Å². The van der Waals surface area contributed by atoms with E-state index in [0.29, 0.717) is 24.7 Å². The molecule has 0 bridgehead atoms. The summed E-state index contributed by atoms with van der Waals surface area (Å²) in [6.07, 6.45) is 2.77. The highest BCUT2D eigenvalue weighted by Gasteiger charge is 2.39. The molecule has 7 nitrogen and oxygen atoms in total. The normalized spacial score (nSPS) is 22.0. The Morgan fingerprint density at radius 2 is 1.97 bits per heavy atom. The van der Waals surface area contributed by atoms with Crippen LogP contribution in [-0.4, -0.2) is 54.5 Å². The number of hydrogen-bond donors (Lipinski definition) is 2. The zero-order valence-corrected chi connectivity index (χ0v) is 17.3. The second kappa shape index (κ2) is 8.83. The Balaban J connectivity index is 1.35. The first-order chi connectivity index (χ1) is 14.6. The number of rotatable bonds is 7. The van der Waals surface area contributed by atoms with Crippen LogP contribution in [0.4, 0.5) is 10.5 Å². The molecule has 0 radical (unpaired) electrons. The summed E-state index contributed by atoms with van der Waals surface area (Å²) in [5, 5.41) is 7.53. The summed E-state index contributed by atoms with van der Waals surface area (Å²) in [6.45, 7) is 4.85.